The van der Waals surface area contributed by atoms with E-state index in [0.717, 1.165) is 62.4 Å². The van der Waals surface area contributed by atoms with Crippen LogP contribution in [0.25, 0.3) is 5.69 Å². The highest BCUT2D eigenvalue weighted by molar-refractivity contribution is 6.11. The van der Waals surface area contributed by atoms with Gasteiger partial charge in [-0.05, 0) is 56.0 Å². The highest BCUT2D eigenvalue weighted by Gasteiger charge is 2.23. The number of carbonyl (C=O) groups excluding carboxylic acids is 1. The number of benzene rings is 2. The lowest BCUT2D eigenvalue weighted by atomic mass is 9.98. The van der Waals surface area contributed by atoms with E-state index in [2.05, 4.69) is 0 Å². The Balaban J connectivity index is 1.73. The van der Waals surface area contributed by atoms with Crippen molar-refractivity contribution in [2.24, 2.45) is 0 Å². The molecule has 0 amide bonds. The fourth-order valence-electron chi connectivity index (χ4n) is 3.93. The first-order valence-corrected chi connectivity index (χ1v) is 10.3. The van der Waals surface area contributed by atoms with Crippen molar-refractivity contribution in [3.8, 4) is 11.4 Å². The van der Waals surface area contributed by atoms with Gasteiger partial charge in [-0.3, -0.25) is 14.2 Å². The molecule has 2 N–H and O–H groups in total. The number of rotatable bonds is 5. The summed E-state index contributed by atoms with van der Waals surface area (Å²) in [5.74, 6) is -3.63. The number of hydrogen-bond donors (Lipinski definition) is 1. The summed E-state index contributed by atoms with van der Waals surface area (Å²) in [6, 6.07) is 8.90. The smallest absolute Gasteiger partial charge is 0.256 e. The number of hydrogen-bond acceptors (Lipinski definition) is 4. The molecule has 5 nitrogen and oxygen atoms in total. The van der Waals surface area contributed by atoms with Gasteiger partial charge < -0.3 is 10.5 Å². The molecule has 0 unspecified atom stereocenters. The minimum absolute atomic E-state index is 0.0285. The zero-order chi connectivity index (χ0) is 22.8. The Morgan fingerprint density at radius 2 is 1.56 bits per heavy atom. The molecule has 0 atom stereocenters. The molecule has 1 aromatic heterocycles. The lowest BCUT2D eigenvalue weighted by molar-refractivity contribution is 0.103. The zero-order valence-electron chi connectivity index (χ0n) is 17.1. The summed E-state index contributed by atoms with van der Waals surface area (Å²) in [6.45, 7) is 0. The molecule has 0 spiro atoms. The largest absolute Gasteiger partial charge is 0.490 e. The van der Waals surface area contributed by atoms with Gasteiger partial charge in [0.15, 0.2) is 17.4 Å². The molecule has 8 heteroatoms. The minimum Gasteiger partial charge on any atom is -0.490 e. The van der Waals surface area contributed by atoms with Gasteiger partial charge in [0, 0.05) is 23.8 Å². The lowest BCUT2D eigenvalue weighted by Gasteiger charge is -2.23. The molecule has 1 fully saturated rings. The van der Waals surface area contributed by atoms with Gasteiger partial charge in [-0.1, -0.05) is 6.42 Å². The number of ketones is 1. The third-order valence-electron chi connectivity index (χ3n) is 5.55. The topological polar surface area (TPSA) is 74.3 Å². The summed E-state index contributed by atoms with van der Waals surface area (Å²) < 4.78 is 49.4. The first kappa shape index (κ1) is 21.7. The van der Waals surface area contributed by atoms with Crippen LogP contribution in [0, 0.1) is 17.5 Å². The monoisotopic (exact) mass is 442 g/mol. The van der Waals surface area contributed by atoms with Gasteiger partial charge in [0.25, 0.3) is 5.56 Å². The lowest BCUT2D eigenvalue weighted by Crippen LogP contribution is -2.25. The molecule has 0 aliphatic heterocycles. The molecule has 0 radical (unpaired) electrons. The number of nitrogens with zero attached hydrogens (tertiary/aromatic N) is 1. The number of ether oxygens (including phenoxy) is 1. The first-order valence-electron chi connectivity index (χ1n) is 10.3. The maximum atomic E-state index is 14.9. The van der Waals surface area contributed by atoms with Crippen molar-refractivity contribution in [3.63, 3.8) is 0 Å². The van der Waals surface area contributed by atoms with E-state index in [1.54, 1.807) is 0 Å². The van der Waals surface area contributed by atoms with Crippen molar-refractivity contribution in [2.45, 2.75) is 38.2 Å². The molecular weight excluding hydrogens is 421 g/mol. The van der Waals surface area contributed by atoms with Gasteiger partial charge in [-0.25, -0.2) is 13.2 Å². The van der Waals surface area contributed by atoms with Gasteiger partial charge in [0.1, 0.15) is 23.1 Å². The van der Waals surface area contributed by atoms with E-state index in [0.29, 0.717) is 4.57 Å². The van der Waals surface area contributed by atoms with Crippen LogP contribution in [0.4, 0.5) is 19.0 Å². The highest BCUT2D eigenvalue weighted by atomic mass is 19.1. The Hall–Kier alpha value is -3.55. The normalized spacial score (nSPS) is 14.3. The summed E-state index contributed by atoms with van der Waals surface area (Å²) in [7, 11) is 0. The predicted octanol–water partition coefficient (Wildman–Crippen LogP) is 4.78. The number of aromatic nitrogens is 1. The fourth-order valence-corrected chi connectivity index (χ4v) is 3.93. The fraction of sp³-hybridized carbons (Fsp3) is 0.250. The zero-order valence-corrected chi connectivity index (χ0v) is 17.1. The van der Waals surface area contributed by atoms with Crippen molar-refractivity contribution in [1.82, 2.24) is 4.57 Å². The Kier molecular flexibility index (Phi) is 6.03. The van der Waals surface area contributed by atoms with E-state index in [-0.39, 0.29) is 23.0 Å². The van der Waals surface area contributed by atoms with Crippen LogP contribution < -0.4 is 16.0 Å². The molecule has 0 bridgehead atoms. The van der Waals surface area contributed by atoms with Crippen LogP contribution in [0.15, 0.2) is 53.3 Å². The van der Waals surface area contributed by atoms with Gasteiger partial charge in [-0.15, -0.1) is 0 Å². The maximum absolute atomic E-state index is 14.9. The van der Waals surface area contributed by atoms with Crippen LogP contribution in [-0.2, 0) is 0 Å². The maximum Gasteiger partial charge on any atom is 0.256 e. The molecular formula is C24H21F3N2O3. The Bertz CT molecular complexity index is 1190. The van der Waals surface area contributed by atoms with Crippen molar-refractivity contribution < 1.29 is 22.7 Å². The summed E-state index contributed by atoms with van der Waals surface area (Å²) in [6.07, 6.45) is 4.60. The van der Waals surface area contributed by atoms with Gasteiger partial charge in [0.05, 0.1) is 11.7 Å². The second-order valence-corrected chi connectivity index (χ2v) is 7.76. The summed E-state index contributed by atoms with van der Waals surface area (Å²) in [5.41, 5.74) is 4.48. The molecule has 1 aliphatic rings. The van der Waals surface area contributed by atoms with Crippen LogP contribution >= 0.6 is 0 Å². The number of carbonyl (C=O) groups is 1. The third-order valence-corrected chi connectivity index (χ3v) is 5.55. The van der Waals surface area contributed by atoms with Crippen molar-refractivity contribution >= 4 is 11.6 Å². The Morgan fingerprint density at radius 3 is 2.19 bits per heavy atom. The Labute approximate surface area is 182 Å². The van der Waals surface area contributed by atoms with E-state index in [9.17, 15) is 22.8 Å². The van der Waals surface area contributed by atoms with Crippen LogP contribution in [-0.4, -0.2) is 16.5 Å². The SMILES string of the molecule is Nc1c(C(=O)c2ccc(F)cc2)ccc(=O)n1-c1c(F)cc(OC2CCCCC2)cc1F. The second-order valence-electron chi connectivity index (χ2n) is 7.76. The second kappa shape index (κ2) is 8.90. The summed E-state index contributed by atoms with van der Waals surface area (Å²) in [5, 5.41) is 0. The predicted molar refractivity (Wildman–Crippen MR) is 114 cm³/mol. The molecule has 1 saturated carbocycles. The van der Waals surface area contributed by atoms with E-state index < -0.39 is 40.3 Å². The quantitative estimate of drug-likeness (QED) is 0.577. The number of halogens is 3. The molecule has 1 aliphatic carbocycles. The minimum atomic E-state index is -1.05. The van der Waals surface area contributed by atoms with Crippen molar-refractivity contribution in [3.05, 3.63) is 87.5 Å². The van der Waals surface area contributed by atoms with E-state index in [1.165, 1.54) is 18.2 Å². The van der Waals surface area contributed by atoms with E-state index in [1.807, 2.05) is 0 Å². The molecule has 166 valence electrons. The number of anilines is 1. The molecule has 2 aromatic carbocycles. The Morgan fingerprint density at radius 1 is 0.938 bits per heavy atom. The van der Waals surface area contributed by atoms with Crippen molar-refractivity contribution in [1.29, 1.82) is 0 Å². The van der Waals surface area contributed by atoms with Crippen molar-refractivity contribution in [2.75, 3.05) is 5.73 Å². The molecule has 0 saturated heterocycles. The standard InChI is InChI=1S/C24H21F3N2O3/c25-15-8-6-14(7-9-15)23(31)18-10-11-21(30)29(24(18)28)22-19(26)12-17(13-20(22)27)32-16-4-2-1-3-5-16/h6-13,16H,1-5,28H2. The third kappa shape index (κ3) is 4.26. The van der Waals surface area contributed by atoms with Gasteiger partial charge in [0.2, 0.25) is 0 Å². The number of nitrogens with two attached hydrogens (primary N) is 1. The van der Waals surface area contributed by atoms with Crippen LogP contribution in [0.3, 0.4) is 0 Å². The average molecular weight is 442 g/mol. The van der Waals surface area contributed by atoms with E-state index in [4.69, 9.17) is 10.5 Å². The molecule has 1 heterocycles. The summed E-state index contributed by atoms with van der Waals surface area (Å²) in [4.78, 5) is 25.3. The number of pyridine rings is 1. The number of nitrogen functional groups attached to an aromatic ring is 1. The molecule has 4 rings (SSSR count). The van der Waals surface area contributed by atoms with Crippen LogP contribution in [0.1, 0.15) is 48.0 Å². The molecule has 3 aromatic rings. The van der Waals surface area contributed by atoms with Crippen LogP contribution in [0.5, 0.6) is 5.75 Å². The van der Waals surface area contributed by atoms with E-state index >= 15 is 0 Å². The molecule has 32 heavy (non-hydrogen) atoms. The highest BCUT2D eigenvalue weighted by Crippen LogP contribution is 2.29. The summed E-state index contributed by atoms with van der Waals surface area (Å²) >= 11 is 0. The average Bonchev–Trinajstić information content (AvgIpc) is 2.76. The van der Waals surface area contributed by atoms with Crippen LogP contribution in [0.2, 0.25) is 0 Å². The van der Waals surface area contributed by atoms with Gasteiger partial charge >= 0.3 is 0 Å². The van der Waals surface area contributed by atoms with Gasteiger partial charge in [-0.2, -0.15) is 0 Å². The first-order chi connectivity index (χ1) is 15.3.